The van der Waals surface area contributed by atoms with Crippen LogP contribution in [0.1, 0.15) is 72.1 Å². The largest absolute Gasteiger partial charge is 0.460 e. The summed E-state index contributed by atoms with van der Waals surface area (Å²) in [5.41, 5.74) is -0.114. The van der Waals surface area contributed by atoms with E-state index in [4.69, 9.17) is 4.74 Å². The molecule has 0 unspecified atom stereocenters. The van der Waals surface area contributed by atoms with E-state index in [0.29, 0.717) is 30.9 Å². The van der Waals surface area contributed by atoms with E-state index in [2.05, 4.69) is 4.90 Å². The maximum Gasteiger partial charge on any atom is 0.306 e. The van der Waals surface area contributed by atoms with Gasteiger partial charge in [-0.15, -0.1) is 0 Å². The van der Waals surface area contributed by atoms with Crippen LogP contribution in [-0.4, -0.2) is 47.3 Å². The maximum absolute atomic E-state index is 12.5. The zero-order chi connectivity index (χ0) is 18.5. The summed E-state index contributed by atoms with van der Waals surface area (Å²) in [6.45, 7) is 8.50. The van der Waals surface area contributed by atoms with Crippen LogP contribution in [0.5, 0.6) is 0 Å². The average Bonchev–Trinajstić information content (AvgIpc) is 2.89. The molecule has 4 bridgehead atoms. The molecule has 0 aromatic carbocycles. The number of rotatable bonds is 4. The van der Waals surface area contributed by atoms with Gasteiger partial charge in [-0.25, -0.2) is 0 Å². The Morgan fingerprint density at radius 2 is 2.00 bits per heavy atom. The third-order valence-corrected chi connectivity index (χ3v) is 7.97. The number of hydrogen-bond acceptors (Lipinski definition) is 4. The number of carbonyl (C=O) groups excluding carboxylic acids is 1. The van der Waals surface area contributed by atoms with Crippen LogP contribution in [0.25, 0.3) is 0 Å². The number of aliphatic hydroxyl groups excluding tert-OH is 1. The lowest BCUT2D eigenvalue weighted by molar-refractivity contribution is -0.158. The van der Waals surface area contributed by atoms with Gasteiger partial charge in [0.2, 0.25) is 0 Å². The summed E-state index contributed by atoms with van der Waals surface area (Å²) in [4.78, 5) is 15.2. The zero-order valence-corrected chi connectivity index (χ0v) is 16.9. The molecule has 4 heteroatoms. The van der Waals surface area contributed by atoms with Crippen molar-refractivity contribution < 1.29 is 14.6 Å². The van der Waals surface area contributed by atoms with Crippen molar-refractivity contribution in [3.63, 3.8) is 0 Å². The molecular weight excluding hydrogens is 326 g/mol. The predicted molar refractivity (Wildman–Crippen MR) is 102 cm³/mol. The van der Waals surface area contributed by atoms with Gasteiger partial charge in [0.1, 0.15) is 5.60 Å². The van der Waals surface area contributed by atoms with Gasteiger partial charge in [0.05, 0.1) is 0 Å². The molecule has 0 radical (unpaired) electrons. The lowest BCUT2D eigenvalue weighted by Gasteiger charge is -2.60. The first-order valence-electron chi connectivity index (χ1n) is 10.9. The lowest BCUT2D eigenvalue weighted by atomic mass is 9.51. The third-order valence-electron chi connectivity index (χ3n) is 7.97. The number of esters is 1. The first-order valence-corrected chi connectivity index (χ1v) is 10.9. The first-order chi connectivity index (χ1) is 12.3. The van der Waals surface area contributed by atoms with Gasteiger partial charge in [-0.2, -0.15) is 0 Å². The second-order valence-corrected chi connectivity index (χ2v) is 10.5. The summed E-state index contributed by atoms with van der Waals surface area (Å²) >= 11 is 0. The van der Waals surface area contributed by atoms with E-state index in [1.807, 2.05) is 20.8 Å². The standard InChI is InChI=1S/C22H37NO3/c1-21(2,3)26-19(25)9-11-22-10-5-4-6-15-12-23-13-16(14-24)17(20(22)23)7-8-18(15)22/h15-18,20,24H,4-14H2,1-3H3/t15-,16+,17-,18+,20+,22+/m0/s1. The Morgan fingerprint density at radius 3 is 2.73 bits per heavy atom. The van der Waals surface area contributed by atoms with Crippen molar-refractivity contribution in [1.29, 1.82) is 0 Å². The minimum absolute atomic E-state index is 0.0302. The van der Waals surface area contributed by atoms with Crippen LogP contribution >= 0.6 is 0 Å². The Labute approximate surface area is 158 Å². The highest BCUT2D eigenvalue weighted by Crippen LogP contribution is 2.63. The molecule has 2 aliphatic heterocycles. The van der Waals surface area contributed by atoms with Crippen molar-refractivity contribution in [2.24, 2.45) is 29.1 Å². The number of ether oxygens (including phenoxy) is 1. The second-order valence-electron chi connectivity index (χ2n) is 10.5. The van der Waals surface area contributed by atoms with Crippen molar-refractivity contribution in [2.45, 2.75) is 83.8 Å². The molecule has 0 aromatic heterocycles. The Bertz CT molecular complexity index is 542. The fourth-order valence-corrected chi connectivity index (χ4v) is 7.33. The highest BCUT2D eigenvalue weighted by molar-refractivity contribution is 5.69. The molecule has 4 fully saturated rings. The summed E-state index contributed by atoms with van der Waals surface area (Å²) in [5, 5.41) is 9.96. The Hall–Kier alpha value is -0.610. The minimum atomic E-state index is -0.395. The molecule has 4 aliphatic rings. The van der Waals surface area contributed by atoms with Crippen molar-refractivity contribution in [2.75, 3.05) is 19.7 Å². The van der Waals surface area contributed by atoms with Crippen LogP contribution in [-0.2, 0) is 9.53 Å². The van der Waals surface area contributed by atoms with Crippen molar-refractivity contribution >= 4 is 5.97 Å². The van der Waals surface area contributed by atoms with E-state index in [9.17, 15) is 9.90 Å². The van der Waals surface area contributed by atoms with Crippen LogP contribution in [0.15, 0.2) is 0 Å². The third kappa shape index (κ3) is 3.11. The normalized spacial score (nSPS) is 42.4. The van der Waals surface area contributed by atoms with E-state index in [1.165, 1.54) is 45.1 Å². The Balaban J connectivity index is 1.59. The van der Waals surface area contributed by atoms with Gasteiger partial charge in [-0.3, -0.25) is 9.69 Å². The Kier molecular flexibility index (Phi) is 4.88. The van der Waals surface area contributed by atoms with Crippen LogP contribution in [0, 0.1) is 29.1 Å². The number of nitrogens with zero attached hydrogens (tertiary/aromatic N) is 1. The quantitative estimate of drug-likeness (QED) is 0.775. The highest BCUT2D eigenvalue weighted by atomic mass is 16.6. The molecule has 2 heterocycles. The summed E-state index contributed by atoms with van der Waals surface area (Å²) in [6.07, 6.45) is 9.42. The van der Waals surface area contributed by atoms with Gasteiger partial charge in [0, 0.05) is 32.2 Å². The van der Waals surface area contributed by atoms with Crippen LogP contribution in [0.2, 0.25) is 0 Å². The van der Waals surface area contributed by atoms with E-state index in [-0.39, 0.29) is 11.4 Å². The molecule has 0 amide bonds. The lowest BCUT2D eigenvalue weighted by Crippen LogP contribution is -2.61. The molecule has 2 saturated heterocycles. The molecule has 2 saturated carbocycles. The molecule has 0 aromatic rings. The Morgan fingerprint density at radius 1 is 1.19 bits per heavy atom. The smallest absolute Gasteiger partial charge is 0.306 e. The maximum atomic E-state index is 12.5. The fourth-order valence-electron chi connectivity index (χ4n) is 7.33. The predicted octanol–water partition coefficient (Wildman–Crippen LogP) is 3.62. The van der Waals surface area contributed by atoms with Gasteiger partial charge in [-0.05, 0) is 82.0 Å². The first kappa shape index (κ1) is 18.7. The number of piperidine rings is 1. The monoisotopic (exact) mass is 363 g/mol. The van der Waals surface area contributed by atoms with E-state index >= 15 is 0 Å². The average molecular weight is 364 g/mol. The molecule has 0 spiro atoms. The molecule has 4 rings (SSSR count). The SMILES string of the molecule is CC(C)(C)OC(=O)CC[C@]12CCCC[C@H]3CN4C[C@H](CO)[C@H](CC[C@H]31)[C@@H]42. The van der Waals surface area contributed by atoms with Crippen LogP contribution in [0.3, 0.4) is 0 Å². The van der Waals surface area contributed by atoms with Gasteiger partial charge in [0.15, 0.2) is 0 Å². The highest BCUT2D eigenvalue weighted by Gasteiger charge is 2.62. The van der Waals surface area contributed by atoms with Gasteiger partial charge >= 0.3 is 5.97 Å². The van der Waals surface area contributed by atoms with Gasteiger partial charge in [0.25, 0.3) is 0 Å². The molecule has 26 heavy (non-hydrogen) atoms. The molecule has 2 aliphatic carbocycles. The number of hydrogen-bond donors (Lipinski definition) is 1. The van der Waals surface area contributed by atoms with Gasteiger partial charge in [-0.1, -0.05) is 12.8 Å². The van der Waals surface area contributed by atoms with Crippen molar-refractivity contribution in [3.8, 4) is 0 Å². The topological polar surface area (TPSA) is 49.8 Å². The molecule has 6 atom stereocenters. The summed E-state index contributed by atoms with van der Waals surface area (Å²) < 4.78 is 5.64. The fraction of sp³-hybridized carbons (Fsp3) is 0.955. The summed E-state index contributed by atoms with van der Waals surface area (Å²) in [6, 6.07) is 0.593. The second kappa shape index (κ2) is 6.77. The van der Waals surface area contributed by atoms with E-state index in [1.54, 1.807) is 0 Å². The molecule has 4 nitrogen and oxygen atoms in total. The van der Waals surface area contributed by atoms with Crippen LogP contribution < -0.4 is 0 Å². The van der Waals surface area contributed by atoms with Crippen molar-refractivity contribution in [1.82, 2.24) is 4.90 Å². The number of aliphatic hydroxyl groups is 1. The van der Waals surface area contributed by atoms with Gasteiger partial charge < -0.3 is 9.84 Å². The zero-order valence-electron chi connectivity index (χ0n) is 16.9. The number of carbonyl (C=O) groups is 1. The molecule has 148 valence electrons. The van der Waals surface area contributed by atoms with E-state index < -0.39 is 5.60 Å². The minimum Gasteiger partial charge on any atom is -0.460 e. The summed E-state index contributed by atoms with van der Waals surface area (Å²) in [5.74, 6) is 2.62. The van der Waals surface area contributed by atoms with E-state index in [0.717, 1.165) is 24.8 Å². The molecular formula is C22H37NO3. The van der Waals surface area contributed by atoms with Crippen molar-refractivity contribution in [3.05, 3.63) is 0 Å². The van der Waals surface area contributed by atoms with Crippen LogP contribution in [0.4, 0.5) is 0 Å². The molecule has 1 N–H and O–H groups in total. The summed E-state index contributed by atoms with van der Waals surface area (Å²) in [7, 11) is 0.